The van der Waals surface area contributed by atoms with Gasteiger partial charge in [0.15, 0.2) is 17.5 Å². The summed E-state index contributed by atoms with van der Waals surface area (Å²) in [5, 5.41) is 4.78. The van der Waals surface area contributed by atoms with Gasteiger partial charge in [0, 0.05) is 43.8 Å². The van der Waals surface area contributed by atoms with Crippen LogP contribution in [-0.4, -0.2) is 24.1 Å². The van der Waals surface area contributed by atoms with Crippen molar-refractivity contribution >= 4 is 43.6 Å². The molecule has 0 saturated carbocycles. The molecule has 3 aromatic heterocycles. The summed E-state index contributed by atoms with van der Waals surface area (Å²) in [7, 11) is 0. The molecule has 0 aliphatic carbocycles. The minimum Gasteiger partial charge on any atom is -0.309 e. The summed E-state index contributed by atoms with van der Waals surface area (Å²) in [5.74, 6) is 1.81. The van der Waals surface area contributed by atoms with Gasteiger partial charge in [-0.1, -0.05) is 193 Å². The van der Waals surface area contributed by atoms with Gasteiger partial charge in [-0.2, -0.15) is 0 Å². The van der Waals surface area contributed by atoms with E-state index in [1.54, 1.807) is 0 Å². The molecule has 330 valence electrons. The molecule has 13 rings (SSSR count). The van der Waals surface area contributed by atoms with E-state index in [1.165, 1.54) is 54.9 Å². The predicted molar refractivity (Wildman–Crippen MR) is 291 cm³/mol. The van der Waals surface area contributed by atoms with E-state index < -0.39 is 0 Å². The van der Waals surface area contributed by atoms with Gasteiger partial charge in [0.25, 0.3) is 0 Å². The summed E-state index contributed by atoms with van der Waals surface area (Å²) in [4.78, 5) is 15.9. The molecular formula is C65H45N5. The van der Waals surface area contributed by atoms with Gasteiger partial charge in [-0.15, -0.1) is 0 Å². The Morgan fingerprint density at radius 1 is 0.257 bits per heavy atom. The van der Waals surface area contributed by atoms with Crippen LogP contribution in [0.25, 0.3) is 123 Å². The molecule has 0 aliphatic rings. The Morgan fingerprint density at radius 2 is 0.671 bits per heavy atom. The fourth-order valence-corrected chi connectivity index (χ4v) is 10.4. The van der Waals surface area contributed by atoms with E-state index in [-0.39, 0.29) is 0 Å². The first-order chi connectivity index (χ1) is 34.5. The quantitative estimate of drug-likeness (QED) is 0.153. The number of aromatic nitrogens is 5. The van der Waals surface area contributed by atoms with Gasteiger partial charge in [-0.25, -0.2) is 15.0 Å². The van der Waals surface area contributed by atoms with Crippen molar-refractivity contribution in [3.05, 3.63) is 248 Å². The van der Waals surface area contributed by atoms with Gasteiger partial charge in [0.2, 0.25) is 0 Å². The molecule has 0 aliphatic heterocycles. The summed E-state index contributed by atoms with van der Waals surface area (Å²) in [6.07, 6.45) is 0. The van der Waals surface area contributed by atoms with Crippen LogP contribution in [0.1, 0.15) is 11.1 Å². The monoisotopic (exact) mass is 895 g/mol. The zero-order chi connectivity index (χ0) is 46.7. The largest absolute Gasteiger partial charge is 0.309 e. The predicted octanol–water partition coefficient (Wildman–Crippen LogP) is 16.7. The summed E-state index contributed by atoms with van der Waals surface area (Å²) in [5.41, 5.74) is 18.7. The molecule has 3 heterocycles. The smallest absolute Gasteiger partial charge is 0.166 e. The normalized spacial score (nSPS) is 11.6. The molecular weight excluding hydrogens is 851 g/mol. The van der Waals surface area contributed by atoms with E-state index >= 15 is 0 Å². The average Bonchev–Trinajstić information content (AvgIpc) is 3.93. The van der Waals surface area contributed by atoms with Crippen molar-refractivity contribution in [1.82, 2.24) is 24.1 Å². The fourth-order valence-electron chi connectivity index (χ4n) is 10.4. The highest BCUT2D eigenvalue weighted by molar-refractivity contribution is 6.12. The van der Waals surface area contributed by atoms with Crippen LogP contribution in [0, 0.1) is 13.8 Å². The van der Waals surface area contributed by atoms with Crippen molar-refractivity contribution in [1.29, 1.82) is 0 Å². The van der Waals surface area contributed by atoms with Gasteiger partial charge in [-0.05, 0) is 96.3 Å². The van der Waals surface area contributed by atoms with E-state index in [0.717, 1.165) is 61.3 Å². The lowest BCUT2D eigenvalue weighted by atomic mass is 9.98. The molecule has 0 unspecified atom stereocenters. The van der Waals surface area contributed by atoms with Crippen LogP contribution in [0.3, 0.4) is 0 Å². The van der Waals surface area contributed by atoms with Crippen molar-refractivity contribution in [2.24, 2.45) is 0 Å². The third kappa shape index (κ3) is 7.06. The molecule has 0 spiro atoms. The van der Waals surface area contributed by atoms with Crippen molar-refractivity contribution < 1.29 is 0 Å². The van der Waals surface area contributed by atoms with Crippen LogP contribution in [0.4, 0.5) is 0 Å². The molecule has 0 amide bonds. The molecule has 0 saturated heterocycles. The molecule has 0 bridgehead atoms. The molecule has 13 aromatic rings. The number of para-hydroxylation sites is 3. The van der Waals surface area contributed by atoms with Gasteiger partial charge < -0.3 is 9.13 Å². The molecule has 0 N–H and O–H groups in total. The summed E-state index contributed by atoms with van der Waals surface area (Å²) < 4.78 is 4.82. The van der Waals surface area contributed by atoms with Crippen molar-refractivity contribution in [2.45, 2.75) is 13.8 Å². The second-order valence-corrected chi connectivity index (χ2v) is 18.2. The SMILES string of the molecule is Cc1cccc(-c2ccc3c(c2)c2ccccc2n3-c2ccccc2-c2ccc(-n3c4ccccc4c4cc(-c5cccc(C)c5)ccc43)c(-c3nc(-c4ccccc4)nc(-c4ccccc4)n3)c2)c1. The van der Waals surface area contributed by atoms with Gasteiger partial charge in [0.05, 0.1) is 33.4 Å². The number of aryl methyl sites for hydroxylation is 2. The lowest BCUT2D eigenvalue weighted by Gasteiger charge is -2.18. The van der Waals surface area contributed by atoms with Crippen LogP contribution in [0.5, 0.6) is 0 Å². The lowest BCUT2D eigenvalue weighted by Crippen LogP contribution is -2.04. The van der Waals surface area contributed by atoms with Crippen molar-refractivity contribution in [2.75, 3.05) is 0 Å². The van der Waals surface area contributed by atoms with Crippen LogP contribution in [0.2, 0.25) is 0 Å². The van der Waals surface area contributed by atoms with Crippen LogP contribution in [-0.2, 0) is 0 Å². The highest BCUT2D eigenvalue weighted by Crippen LogP contribution is 2.42. The molecule has 10 aromatic carbocycles. The van der Waals surface area contributed by atoms with E-state index in [2.05, 4.69) is 223 Å². The number of hydrogen-bond acceptors (Lipinski definition) is 3. The number of benzene rings is 10. The zero-order valence-corrected chi connectivity index (χ0v) is 38.8. The molecule has 0 atom stereocenters. The van der Waals surface area contributed by atoms with Gasteiger partial charge in [-0.3, -0.25) is 0 Å². The molecule has 5 nitrogen and oxygen atoms in total. The van der Waals surface area contributed by atoms with Crippen molar-refractivity contribution in [3.63, 3.8) is 0 Å². The Hall–Kier alpha value is -9.19. The first-order valence-corrected chi connectivity index (χ1v) is 23.8. The van der Waals surface area contributed by atoms with E-state index in [1.807, 2.05) is 36.4 Å². The summed E-state index contributed by atoms with van der Waals surface area (Å²) >= 11 is 0. The Bertz CT molecular complexity index is 4090. The molecule has 0 radical (unpaired) electrons. The van der Waals surface area contributed by atoms with Crippen LogP contribution >= 0.6 is 0 Å². The van der Waals surface area contributed by atoms with E-state index in [9.17, 15) is 0 Å². The molecule has 0 fully saturated rings. The minimum atomic E-state index is 0.588. The Morgan fingerprint density at radius 3 is 1.21 bits per heavy atom. The highest BCUT2D eigenvalue weighted by Gasteiger charge is 2.23. The van der Waals surface area contributed by atoms with Gasteiger partial charge >= 0.3 is 0 Å². The van der Waals surface area contributed by atoms with Crippen molar-refractivity contribution in [3.8, 4) is 78.9 Å². The maximum atomic E-state index is 5.38. The Kier molecular flexibility index (Phi) is 9.88. The van der Waals surface area contributed by atoms with E-state index in [0.29, 0.717) is 17.5 Å². The van der Waals surface area contributed by atoms with Gasteiger partial charge in [0.1, 0.15) is 0 Å². The second-order valence-electron chi connectivity index (χ2n) is 18.2. The first-order valence-electron chi connectivity index (χ1n) is 23.8. The second kappa shape index (κ2) is 16.8. The third-order valence-corrected chi connectivity index (χ3v) is 13.7. The third-order valence-electron chi connectivity index (χ3n) is 13.7. The standard InChI is InChI=1S/C65H45N5/c1-42-17-15-23-46(37-42)48-31-34-60-54(39-48)52-26-10-13-29-58(52)69(60)57-28-12-9-25-51(57)50-33-36-62(56(41-50)65-67-63(44-19-5-3-6-20-44)66-64(68-65)45-21-7-4-8-22-45)70-59-30-14-11-27-53(59)55-40-49(32-35-61(55)70)47-24-16-18-43(2)38-47/h3-41H,1-2H3. The number of fused-ring (bicyclic) bond motifs is 6. The Labute approximate surface area is 406 Å². The van der Waals surface area contributed by atoms with E-state index in [4.69, 9.17) is 15.0 Å². The summed E-state index contributed by atoms with van der Waals surface area (Å²) in [6, 6.07) is 84.7. The first kappa shape index (κ1) is 41.0. The molecule has 5 heteroatoms. The number of nitrogens with zero attached hydrogens (tertiary/aromatic N) is 5. The molecule has 70 heavy (non-hydrogen) atoms. The maximum absolute atomic E-state index is 5.38. The van der Waals surface area contributed by atoms with Crippen LogP contribution in [0.15, 0.2) is 237 Å². The Balaban J connectivity index is 1.07. The number of rotatable bonds is 8. The number of hydrogen-bond donors (Lipinski definition) is 0. The summed E-state index contributed by atoms with van der Waals surface area (Å²) in [6.45, 7) is 4.30. The minimum absolute atomic E-state index is 0.588. The fraction of sp³-hybridized carbons (Fsp3) is 0.0308. The zero-order valence-electron chi connectivity index (χ0n) is 38.8. The maximum Gasteiger partial charge on any atom is 0.166 e. The highest BCUT2D eigenvalue weighted by atomic mass is 15.1. The average molecular weight is 896 g/mol. The topological polar surface area (TPSA) is 48.5 Å². The lowest BCUT2D eigenvalue weighted by molar-refractivity contribution is 1.06. The van der Waals surface area contributed by atoms with Crippen LogP contribution < -0.4 is 0 Å².